The van der Waals surface area contributed by atoms with E-state index in [0.717, 1.165) is 19.4 Å². The third kappa shape index (κ3) is 2.39. The Morgan fingerprint density at radius 1 is 1.73 bits per heavy atom. The molecule has 1 saturated carbocycles. The summed E-state index contributed by atoms with van der Waals surface area (Å²) in [6.07, 6.45) is 3.16. The van der Waals surface area contributed by atoms with Crippen LogP contribution in [0.3, 0.4) is 0 Å². The van der Waals surface area contributed by atoms with Gasteiger partial charge in [0.1, 0.15) is 5.54 Å². The van der Waals surface area contributed by atoms with Gasteiger partial charge in [0.15, 0.2) is 0 Å². The lowest BCUT2D eigenvalue weighted by molar-refractivity contribution is 0.409. The quantitative estimate of drug-likeness (QED) is 0.850. The molecular weight excluding hydrogens is 204 g/mol. The Balaban J connectivity index is 1.95. The molecule has 3 heteroatoms. The molecule has 0 aromatic carbocycles. The summed E-state index contributed by atoms with van der Waals surface area (Å²) in [6.45, 7) is 3.06. The lowest BCUT2D eigenvalue weighted by Gasteiger charge is -2.22. The number of rotatable bonds is 3. The second-order valence-corrected chi connectivity index (χ2v) is 5.51. The first kappa shape index (κ1) is 10.7. The third-order valence-corrected chi connectivity index (χ3v) is 4.03. The van der Waals surface area contributed by atoms with Crippen LogP contribution in [0.1, 0.15) is 31.1 Å². The maximum absolute atomic E-state index is 9.25. The number of hydrogen-bond acceptors (Lipinski definition) is 3. The Hall–Kier alpha value is -0.850. The Labute approximate surface area is 94.9 Å². The number of hydrogen-bond donors (Lipinski definition) is 1. The minimum Gasteiger partial charge on any atom is -0.294 e. The van der Waals surface area contributed by atoms with Crippen LogP contribution in [0, 0.1) is 17.2 Å². The highest BCUT2D eigenvalue weighted by Gasteiger charge is 2.37. The molecule has 1 heterocycles. The molecule has 0 bridgehead atoms. The van der Waals surface area contributed by atoms with E-state index >= 15 is 0 Å². The molecule has 0 aliphatic heterocycles. The van der Waals surface area contributed by atoms with Crippen LogP contribution in [0.4, 0.5) is 0 Å². The van der Waals surface area contributed by atoms with E-state index in [2.05, 4.69) is 35.8 Å². The summed E-state index contributed by atoms with van der Waals surface area (Å²) in [5, 5.41) is 14.8. The molecule has 80 valence electrons. The van der Waals surface area contributed by atoms with Gasteiger partial charge in [0.25, 0.3) is 0 Å². The molecule has 1 aliphatic rings. The van der Waals surface area contributed by atoms with Crippen molar-refractivity contribution in [3.8, 4) is 6.07 Å². The highest BCUT2D eigenvalue weighted by atomic mass is 32.1. The standard InChI is InChI=1S/C12H16N2S/c1-10-4-5-12(7-10,9-13)14-8-11-3-2-6-15-11/h2-3,6,10,14H,4-5,7-8H2,1H3. The molecule has 2 unspecified atom stereocenters. The van der Waals surface area contributed by atoms with Gasteiger partial charge in [0, 0.05) is 11.4 Å². The van der Waals surface area contributed by atoms with Crippen molar-refractivity contribution in [3.63, 3.8) is 0 Å². The highest BCUT2D eigenvalue weighted by molar-refractivity contribution is 7.09. The van der Waals surface area contributed by atoms with Crippen LogP contribution >= 0.6 is 11.3 Å². The van der Waals surface area contributed by atoms with Crippen molar-refractivity contribution < 1.29 is 0 Å². The molecule has 0 saturated heterocycles. The lowest BCUT2D eigenvalue weighted by atomic mass is 9.98. The Kier molecular flexibility index (Phi) is 3.08. The van der Waals surface area contributed by atoms with Crippen LogP contribution in [0.15, 0.2) is 17.5 Å². The molecule has 1 fully saturated rings. The number of nitrogens with zero attached hydrogens (tertiary/aromatic N) is 1. The van der Waals surface area contributed by atoms with Crippen molar-refractivity contribution >= 4 is 11.3 Å². The van der Waals surface area contributed by atoms with E-state index in [0.29, 0.717) is 5.92 Å². The monoisotopic (exact) mass is 220 g/mol. The van der Waals surface area contributed by atoms with Crippen molar-refractivity contribution in [2.45, 2.75) is 38.3 Å². The third-order valence-electron chi connectivity index (χ3n) is 3.16. The molecule has 2 rings (SSSR count). The zero-order chi connectivity index (χ0) is 10.7. The molecule has 0 amide bonds. The van der Waals surface area contributed by atoms with Gasteiger partial charge < -0.3 is 0 Å². The van der Waals surface area contributed by atoms with E-state index in [4.69, 9.17) is 0 Å². The number of thiophene rings is 1. The molecule has 15 heavy (non-hydrogen) atoms. The van der Waals surface area contributed by atoms with Crippen LogP contribution in [0.25, 0.3) is 0 Å². The van der Waals surface area contributed by atoms with Crippen LogP contribution in [0.5, 0.6) is 0 Å². The van der Waals surface area contributed by atoms with Gasteiger partial charge in [-0.3, -0.25) is 5.32 Å². The molecular formula is C12H16N2S. The van der Waals surface area contributed by atoms with Crippen molar-refractivity contribution in [2.24, 2.45) is 5.92 Å². The molecule has 1 aromatic heterocycles. The number of nitrogens with one attached hydrogen (secondary N) is 1. The fourth-order valence-electron chi connectivity index (χ4n) is 2.26. The van der Waals surface area contributed by atoms with Gasteiger partial charge in [-0.05, 0) is 36.6 Å². The van der Waals surface area contributed by atoms with E-state index in [1.54, 1.807) is 11.3 Å². The molecule has 0 radical (unpaired) electrons. The highest BCUT2D eigenvalue weighted by Crippen LogP contribution is 2.34. The second kappa shape index (κ2) is 4.34. The topological polar surface area (TPSA) is 35.8 Å². The van der Waals surface area contributed by atoms with Gasteiger partial charge in [0.2, 0.25) is 0 Å². The summed E-state index contributed by atoms with van der Waals surface area (Å²) < 4.78 is 0. The van der Waals surface area contributed by atoms with Crippen molar-refractivity contribution in [3.05, 3.63) is 22.4 Å². The molecule has 0 spiro atoms. The van der Waals surface area contributed by atoms with Crippen LogP contribution < -0.4 is 5.32 Å². The average Bonchev–Trinajstić information content (AvgIpc) is 2.85. The summed E-state index contributed by atoms with van der Waals surface area (Å²) in [6, 6.07) is 6.63. The summed E-state index contributed by atoms with van der Waals surface area (Å²) in [7, 11) is 0. The van der Waals surface area contributed by atoms with E-state index < -0.39 is 0 Å². The minimum atomic E-state index is -0.261. The Morgan fingerprint density at radius 2 is 2.60 bits per heavy atom. The van der Waals surface area contributed by atoms with Gasteiger partial charge in [-0.15, -0.1) is 11.3 Å². The predicted molar refractivity (Wildman–Crippen MR) is 62.5 cm³/mol. The van der Waals surface area contributed by atoms with Gasteiger partial charge >= 0.3 is 0 Å². The maximum atomic E-state index is 9.25. The number of nitriles is 1. The second-order valence-electron chi connectivity index (χ2n) is 4.47. The van der Waals surface area contributed by atoms with Crippen molar-refractivity contribution in [1.82, 2.24) is 5.32 Å². The molecule has 2 atom stereocenters. The minimum absolute atomic E-state index is 0.261. The van der Waals surface area contributed by atoms with Crippen LogP contribution in [0.2, 0.25) is 0 Å². The molecule has 1 aromatic rings. The average molecular weight is 220 g/mol. The summed E-state index contributed by atoms with van der Waals surface area (Å²) in [5.74, 6) is 0.681. The normalized spacial score (nSPS) is 30.3. The van der Waals surface area contributed by atoms with Crippen molar-refractivity contribution in [2.75, 3.05) is 0 Å². The fourth-order valence-corrected chi connectivity index (χ4v) is 2.91. The fraction of sp³-hybridized carbons (Fsp3) is 0.583. The summed E-state index contributed by atoms with van der Waals surface area (Å²) >= 11 is 1.74. The van der Waals surface area contributed by atoms with Crippen molar-refractivity contribution in [1.29, 1.82) is 5.26 Å². The summed E-state index contributed by atoms with van der Waals surface area (Å²) in [5.41, 5.74) is -0.261. The van der Waals surface area contributed by atoms with Gasteiger partial charge in [-0.25, -0.2) is 0 Å². The first-order chi connectivity index (χ1) is 7.24. The van der Waals surface area contributed by atoms with Gasteiger partial charge in [-0.1, -0.05) is 13.0 Å². The summed E-state index contributed by atoms with van der Waals surface area (Å²) in [4.78, 5) is 1.31. The SMILES string of the molecule is CC1CCC(C#N)(NCc2cccs2)C1. The predicted octanol–water partition coefficient (Wildman–Crippen LogP) is 2.92. The van der Waals surface area contributed by atoms with E-state index in [-0.39, 0.29) is 5.54 Å². The van der Waals surface area contributed by atoms with E-state index in [1.807, 2.05) is 0 Å². The largest absolute Gasteiger partial charge is 0.294 e. The van der Waals surface area contributed by atoms with Gasteiger partial charge in [0.05, 0.1) is 6.07 Å². The molecule has 2 nitrogen and oxygen atoms in total. The lowest BCUT2D eigenvalue weighted by Crippen LogP contribution is -2.40. The van der Waals surface area contributed by atoms with Gasteiger partial charge in [-0.2, -0.15) is 5.26 Å². The molecule has 1 N–H and O–H groups in total. The van der Waals surface area contributed by atoms with E-state index in [1.165, 1.54) is 11.3 Å². The zero-order valence-corrected chi connectivity index (χ0v) is 9.81. The first-order valence-corrected chi connectivity index (χ1v) is 6.31. The molecule has 1 aliphatic carbocycles. The van der Waals surface area contributed by atoms with E-state index in [9.17, 15) is 5.26 Å². The Morgan fingerprint density at radius 3 is 3.13 bits per heavy atom. The Bertz CT molecular complexity index is 352. The maximum Gasteiger partial charge on any atom is 0.107 e. The first-order valence-electron chi connectivity index (χ1n) is 5.43. The smallest absolute Gasteiger partial charge is 0.107 e. The van der Waals surface area contributed by atoms with Crippen LogP contribution in [-0.2, 0) is 6.54 Å². The zero-order valence-electron chi connectivity index (χ0n) is 8.99. The van der Waals surface area contributed by atoms with Crippen LogP contribution in [-0.4, -0.2) is 5.54 Å².